The van der Waals surface area contributed by atoms with E-state index in [0.717, 1.165) is 5.56 Å². The number of nitriles is 1. The average Bonchev–Trinajstić information content (AvgIpc) is 2.35. The summed E-state index contributed by atoms with van der Waals surface area (Å²) in [6.07, 6.45) is 0. The van der Waals surface area contributed by atoms with E-state index in [1.807, 2.05) is 19.9 Å². The Hall–Kier alpha value is -1.73. The van der Waals surface area contributed by atoms with Crippen LogP contribution in [0.25, 0.3) is 0 Å². The van der Waals surface area contributed by atoms with Crippen molar-refractivity contribution >= 4 is 0 Å². The molecule has 0 amide bonds. The molecular formula is C13H18N2O2. The SMILES string of the molecule is COc1cc(C(C)NCC(C)C#N)ccc1O. The smallest absolute Gasteiger partial charge is 0.160 e. The van der Waals surface area contributed by atoms with Gasteiger partial charge in [-0.05, 0) is 31.5 Å². The van der Waals surface area contributed by atoms with Crippen molar-refractivity contribution in [3.05, 3.63) is 23.8 Å². The Bertz CT molecular complexity index is 412. The van der Waals surface area contributed by atoms with E-state index in [0.29, 0.717) is 12.3 Å². The molecule has 0 aliphatic carbocycles. The highest BCUT2D eigenvalue weighted by Crippen LogP contribution is 2.28. The molecule has 0 spiro atoms. The van der Waals surface area contributed by atoms with Crippen LogP contribution < -0.4 is 10.1 Å². The fourth-order valence-electron chi connectivity index (χ4n) is 1.48. The van der Waals surface area contributed by atoms with E-state index in [1.54, 1.807) is 12.1 Å². The Labute approximate surface area is 102 Å². The highest BCUT2D eigenvalue weighted by Gasteiger charge is 2.10. The molecule has 1 aromatic rings. The molecule has 0 heterocycles. The minimum absolute atomic E-state index is 0.0172. The molecule has 17 heavy (non-hydrogen) atoms. The Balaban J connectivity index is 2.69. The van der Waals surface area contributed by atoms with Gasteiger partial charge in [0.15, 0.2) is 11.5 Å². The largest absolute Gasteiger partial charge is 0.504 e. The first kappa shape index (κ1) is 13.3. The lowest BCUT2D eigenvalue weighted by Gasteiger charge is -2.16. The van der Waals surface area contributed by atoms with Crippen LogP contribution in [-0.4, -0.2) is 18.8 Å². The molecule has 92 valence electrons. The molecule has 0 saturated carbocycles. The Morgan fingerprint density at radius 3 is 2.76 bits per heavy atom. The van der Waals surface area contributed by atoms with E-state index < -0.39 is 0 Å². The number of methoxy groups -OCH3 is 1. The van der Waals surface area contributed by atoms with Gasteiger partial charge in [0.2, 0.25) is 0 Å². The van der Waals surface area contributed by atoms with Crippen molar-refractivity contribution in [2.24, 2.45) is 5.92 Å². The predicted octanol–water partition coefficient (Wildman–Crippen LogP) is 2.21. The van der Waals surface area contributed by atoms with Crippen molar-refractivity contribution in [1.82, 2.24) is 5.32 Å². The number of hydrogen-bond acceptors (Lipinski definition) is 4. The quantitative estimate of drug-likeness (QED) is 0.819. The Morgan fingerprint density at radius 2 is 2.18 bits per heavy atom. The van der Waals surface area contributed by atoms with Gasteiger partial charge in [-0.3, -0.25) is 0 Å². The molecule has 0 aromatic heterocycles. The van der Waals surface area contributed by atoms with Crippen molar-refractivity contribution in [3.8, 4) is 17.6 Å². The van der Waals surface area contributed by atoms with E-state index in [-0.39, 0.29) is 17.7 Å². The molecule has 2 atom stereocenters. The van der Waals surface area contributed by atoms with Crippen molar-refractivity contribution in [2.75, 3.05) is 13.7 Å². The lowest BCUT2D eigenvalue weighted by molar-refractivity contribution is 0.372. The maximum atomic E-state index is 9.48. The molecule has 4 heteroatoms. The number of phenols is 1. The molecular weight excluding hydrogens is 216 g/mol. The summed E-state index contributed by atoms with van der Waals surface area (Å²) < 4.78 is 5.05. The summed E-state index contributed by atoms with van der Waals surface area (Å²) >= 11 is 0. The van der Waals surface area contributed by atoms with Crippen LogP contribution in [0.1, 0.15) is 25.5 Å². The zero-order chi connectivity index (χ0) is 12.8. The van der Waals surface area contributed by atoms with Gasteiger partial charge in [-0.25, -0.2) is 0 Å². The monoisotopic (exact) mass is 234 g/mol. The Kier molecular flexibility index (Phi) is 4.80. The van der Waals surface area contributed by atoms with Gasteiger partial charge in [-0.1, -0.05) is 6.07 Å². The summed E-state index contributed by atoms with van der Waals surface area (Å²) in [6, 6.07) is 7.53. The zero-order valence-corrected chi connectivity index (χ0v) is 10.4. The van der Waals surface area contributed by atoms with Gasteiger partial charge in [0.1, 0.15) is 0 Å². The number of nitrogens with one attached hydrogen (secondary N) is 1. The van der Waals surface area contributed by atoms with Crippen LogP contribution in [0, 0.1) is 17.2 Å². The zero-order valence-electron chi connectivity index (χ0n) is 10.4. The molecule has 0 fully saturated rings. The van der Waals surface area contributed by atoms with E-state index in [9.17, 15) is 5.11 Å². The maximum Gasteiger partial charge on any atom is 0.160 e. The topological polar surface area (TPSA) is 65.3 Å². The van der Waals surface area contributed by atoms with Crippen LogP contribution in [-0.2, 0) is 0 Å². The molecule has 0 aliphatic rings. The highest BCUT2D eigenvalue weighted by molar-refractivity contribution is 5.42. The first-order valence-corrected chi connectivity index (χ1v) is 5.58. The van der Waals surface area contributed by atoms with Gasteiger partial charge in [0, 0.05) is 12.6 Å². The first-order chi connectivity index (χ1) is 8.08. The van der Waals surface area contributed by atoms with Crippen LogP contribution in [0.2, 0.25) is 0 Å². The lowest BCUT2D eigenvalue weighted by atomic mass is 10.1. The number of rotatable bonds is 5. The summed E-state index contributed by atoms with van der Waals surface area (Å²) in [5.74, 6) is 0.579. The fraction of sp³-hybridized carbons (Fsp3) is 0.462. The van der Waals surface area contributed by atoms with Crippen molar-refractivity contribution < 1.29 is 9.84 Å². The third-order valence-electron chi connectivity index (χ3n) is 2.65. The van der Waals surface area contributed by atoms with Gasteiger partial charge in [0.05, 0.1) is 19.1 Å². The fourth-order valence-corrected chi connectivity index (χ4v) is 1.48. The second-order valence-electron chi connectivity index (χ2n) is 4.09. The lowest BCUT2D eigenvalue weighted by Crippen LogP contribution is -2.23. The molecule has 1 aromatic carbocycles. The highest BCUT2D eigenvalue weighted by atomic mass is 16.5. The van der Waals surface area contributed by atoms with Gasteiger partial charge >= 0.3 is 0 Å². The van der Waals surface area contributed by atoms with Crippen LogP contribution in [0.4, 0.5) is 0 Å². The van der Waals surface area contributed by atoms with Gasteiger partial charge in [-0.15, -0.1) is 0 Å². The molecule has 2 N–H and O–H groups in total. The molecule has 0 radical (unpaired) electrons. The van der Waals surface area contributed by atoms with E-state index in [4.69, 9.17) is 10.00 Å². The normalized spacial score (nSPS) is 13.8. The summed E-state index contributed by atoms with van der Waals surface area (Å²) in [7, 11) is 1.52. The average molecular weight is 234 g/mol. The minimum Gasteiger partial charge on any atom is -0.504 e. The molecule has 0 bridgehead atoms. The molecule has 0 aliphatic heterocycles. The van der Waals surface area contributed by atoms with Crippen LogP contribution in [0.3, 0.4) is 0 Å². The van der Waals surface area contributed by atoms with Crippen molar-refractivity contribution in [2.45, 2.75) is 19.9 Å². The third kappa shape index (κ3) is 3.65. The van der Waals surface area contributed by atoms with E-state index in [2.05, 4.69) is 11.4 Å². The predicted molar refractivity (Wildman–Crippen MR) is 65.9 cm³/mol. The van der Waals surface area contributed by atoms with Crippen LogP contribution >= 0.6 is 0 Å². The van der Waals surface area contributed by atoms with Crippen molar-refractivity contribution in [1.29, 1.82) is 5.26 Å². The summed E-state index contributed by atoms with van der Waals surface area (Å²) in [4.78, 5) is 0. The Morgan fingerprint density at radius 1 is 1.47 bits per heavy atom. The van der Waals surface area contributed by atoms with E-state index in [1.165, 1.54) is 7.11 Å². The molecule has 4 nitrogen and oxygen atoms in total. The molecule has 1 rings (SSSR count). The van der Waals surface area contributed by atoms with Crippen LogP contribution in [0.15, 0.2) is 18.2 Å². The van der Waals surface area contributed by atoms with Crippen LogP contribution in [0.5, 0.6) is 11.5 Å². The number of aromatic hydroxyl groups is 1. The number of benzene rings is 1. The number of hydrogen-bond donors (Lipinski definition) is 2. The van der Waals surface area contributed by atoms with E-state index >= 15 is 0 Å². The second kappa shape index (κ2) is 6.12. The summed E-state index contributed by atoms with van der Waals surface area (Å²) in [5.41, 5.74) is 1.02. The molecule has 0 saturated heterocycles. The first-order valence-electron chi connectivity index (χ1n) is 5.58. The molecule has 2 unspecified atom stereocenters. The number of nitrogens with zero attached hydrogens (tertiary/aromatic N) is 1. The maximum absolute atomic E-state index is 9.48. The standard InChI is InChI=1S/C13H18N2O2/c1-9(7-14)8-15-10(2)11-4-5-12(16)13(6-11)17-3/h4-6,9-10,15-16H,8H2,1-3H3. The van der Waals surface area contributed by atoms with Gasteiger partial charge in [-0.2, -0.15) is 5.26 Å². The summed E-state index contributed by atoms with van der Waals surface area (Å²) in [6.45, 7) is 4.52. The number of phenolic OH excluding ortho intramolecular Hbond substituents is 1. The number of ether oxygens (including phenoxy) is 1. The minimum atomic E-state index is -0.0172. The summed E-state index contributed by atoms with van der Waals surface area (Å²) in [5, 5.41) is 21.4. The van der Waals surface area contributed by atoms with Gasteiger partial charge < -0.3 is 15.2 Å². The third-order valence-corrected chi connectivity index (χ3v) is 2.65. The van der Waals surface area contributed by atoms with Crippen molar-refractivity contribution in [3.63, 3.8) is 0 Å². The van der Waals surface area contributed by atoms with Gasteiger partial charge in [0.25, 0.3) is 0 Å². The second-order valence-corrected chi connectivity index (χ2v) is 4.09.